The quantitative estimate of drug-likeness (QED) is 0.333. The molecule has 0 atom stereocenters. The summed E-state index contributed by atoms with van der Waals surface area (Å²) in [6, 6.07) is 14.0. The number of hydrogen-bond acceptors (Lipinski definition) is 8. The number of nitro groups is 1. The summed E-state index contributed by atoms with van der Waals surface area (Å²) < 4.78 is 5.80. The number of fused-ring (bicyclic) bond motifs is 2. The minimum absolute atomic E-state index is 0.00401. The van der Waals surface area contributed by atoms with Gasteiger partial charge in [0, 0.05) is 28.5 Å². The summed E-state index contributed by atoms with van der Waals surface area (Å²) in [7, 11) is 0. The van der Waals surface area contributed by atoms with Crippen molar-refractivity contribution in [2.45, 2.75) is 6.92 Å². The predicted octanol–water partition coefficient (Wildman–Crippen LogP) is 4.97. The molecule has 0 amide bonds. The maximum Gasteiger partial charge on any atom is 0.269 e. The number of aryl methyl sites for hydroxylation is 1. The SMILES string of the molecule is Cc1cccc2cc3c(N)c(-c4nnc(-c5ccc([N+](=O)[O-])cc5)o4)sc3nc12. The maximum atomic E-state index is 10.8. The van der Waals surface area contributed by atoms with Crippen molar-refractivity contribution in [1.29, 1.82) is 0 Å². The second-order valence-electron chi connectivity index (χ2n) is 6.55. The molecule has 29 heavy (non-hydrogen) atoms. The number of nitro benzene ring substituents is 1. The topological polar surface area (TPSA) is 121 Å². The number of nitrogens with zero attached hydrogens (tertiary/aromatic N) is 4. The van der Waals surface area contributed by atoms with E-state index in [9.17, 15) is 10.1 Å². The van der Waals surface area contributed by atoms with E-state index in [-0.39, 0.29) is 11.6 Å². The summed E-state index contributed by atoms with van der Waals surface area (Å²) in [4.78, 5) is 16.6. The van der Waals surface area contributed by atoms with Crippen molar-refractivity contribution in [1.82, 2.24) is 15.2 Å². The minimum Gasteiger partial charge on any atom is -0.415 e. The largest absolute Gasteiger partial charge is 0.415 e. The molecular formula is C20H13N5O3S. The molecule has 0 aliphatic heterocycles. The van der Waals surface area contributed by atoms with Gasteiger partial charge in [-0.15, -0.1) is 21.5 Å². The molecule has 3 aromatic heterocycles. The Hall–Kier alpha value is -3.85. The molecule has 0 saturated carbocycles. The first kappa shape index (κ1) is 17.3. The van der Waals surface area contributed by atoms with Gasteiger partial charge in [0.25, 0.3) is 11.6 Å². The zero-order chi connectivity index (χ0) is 20.1. The Kier molecular flexibility index (Phi) is 3.78. The third kappa shape index (κ3) is 2.79. The lowest BCUT2D eigenvalue weighted by atomic mass is 10.1. The number of aromatic nitrogens is 3. The number of nitrogen functional groups attached to an aromatic ring is 1. The van der Waals surface area contributed by atoms with E-state index in [1.54, 1.807) is 12.1 Å². The molecule has 0 unspecified atom stereocenters. The molecule has 8 nitrogen and oxygen atoms in total. The molecule has 0 saturated heterocycles. The van der Waals surface area contributed by atoms with Crippen LogP contribution in [0.2, 0.25) is 0 Å². The first-order chi connectivity index (χ1) is 14.0. The first-order valence-electron chi connectivity index (χ1n) is 8.68. The van der Waals surface area contributed by atoms with Gasteiger partial charge in [0.05, 0.1) is 16.1 Å². The molecule has 9 heteroatoms. The highest BCUT2D eigenvalue weighted by Crippen LogP contribution is 2.41. The second kappa shape index (κ2) is 6.35. The number of nitrogens with two attached hydrogens (primary N) is 1. The summed E-state index contributed by atoms with van der Waals surface area (Å²) in [5.74, 6) is 0.556. The van der Waals surface area contributed by atoms with Gasteiger partial charge < -0.3 is 10.2 Å². The van der Waals surface area contributed by atoms with Crippen LogP contribution in [0.4, 0.5) is 11.4 Å². The Morgan fingerprint density at radius 1 is 1.10 bits per heavy atom. The number of hydrogen-bond donors (Lipinski definition) is 1. The Bertz CT molecular complexity index is 1410. The number of anilines is 1. The van der Waals surface area contributed by atoms with E-state index in [1.807, 2.05) is 31.2 Å². The van der Waals surface area contributed by atoms with Crippen LogP contribution in [0.3, 0.4) is 0 Å². The third-order valence-corrected chi connectivity index (χ3v) is 5.79. The number of thiophene rings is 1. The van der Waals surface area contributed by atoms with Crippen molar-refractivity contribution in [2.75, 3.05) is 5.73 Å². The van der Waals surface area contributed by atoms with E-state index < -0.39 is 4.92 Å². The van der Waals surface area contributed by atoms with Gasteiger partial charge in [0.15, 0.2) is 0 Å². The average Bonchev–Trinajstić information content (AvgIpc) is 3.32. The molecule has 0 spiro atoms. The van der Waals surface area contributed by atoms with Crippen molar-refractivity contribution in [3.63, 3.8) is 0 Å². The highest BCUT2D eigenvalue weighted by atomic mass is 32.1. The fourth-order valence-corrected chi connectivity index (χ4v) is 4.19. The monoisotopic (exact) mass is 403 g/mol. The van der Waals surface area contributed by atoms with E-state index >= 15 is 0 Å². The van der Waals surface area contributed by atoms with E-state index in [0.717, 1.165) is 26.7 Å². The number of para-hydroxylation sites is 1. The van der Waals surface area contributed by atoms with Gasteiger partial charge >= 0.3 is 0 Å². The molecule has 142 valence electrons. The molecule has 0 aliphatic rings. The minimum atomic E-state index is -0.459. The van der Waals surface area contributed by atoms with Crippen LogP contribution in [0, 0.1) is 17.0 Å². The van der Waals surface area contributed by atoms with Gasteiger partial charge in [-0.3, -0.25) is 10.1 Å². The average molecular weight is 403 g/mol. The zero-order valence-corrected chi connectivity index (χ0v) is 15.9. The van der Waals surface area contributed by atoms with Crippen molar-refractivity contribution >= 4 is 43.8 Å². The Morgan fingerprint density at radius 3 is 2.62 bits per heavy atom. The molecule has 0 aliphatic carbocycles. The van der Waals surface area contributed by atoms with Crippen LogP contribution in [0.25, 0.3) is 43.3 Å². The lowest BCUT2D eigenvalue weighted by Crippen LogP contribution is -1.87. The molecule has 0 radical (unpaired) electrons. The second-order valence-corrected chi connectivity index (χ2v) is 7.55. The zero-order valence-electron chi connectivity index (χ0n) is 15.1. The van der Waals surface area contributed by atoms with Crippen molar-refractivity contribution in [3.8, 4) is 22.2 Å². The summed E-state index contributed by atoms with van der Waals surface area (Å²) in [6.45, 7) is 2.02. The lowest BCUT2D eigenvalue weighted by molar-refractivity contribution is -0.384. The molecule has 0 bridgehead atoms. The van der Waals surface area contributed by atoms with E-state index in [1.165, 1.54) is 23.5 Å². The number of benzene rings is 2. The van der Waals surface area contributed by atoms with Gasteiger partial charge in [-0.1, -0.05) is 18.2 Å². The lowest BCUT2D eigenvalue weighted by Gasteiger charge is -2.01. The predicted molar refractivity (Wildman–Crippen MR) is 112 cm³/mol. The summed E-state index contributed by atoms with van der Waals surface area (Å²) in [6.07, 6.45) is 0. The summed E-state index contributed by atoms with van der Waals surface area (Å²) in [5, 5.41) is 20.8. The van der Waals surface area contributed by atoms with Crippen LogP contribution in [-0.4, -0.2) is 20.1 Å². The van der Waals surface area contributed by atoms with Crippen molar-refractivity contribution in [3.05, 3.63) is 64.2 Å². The van der Waals surface area contributed by atoms with E-state index in [4.69, 9.17) is 15.1 Å². The van der Waals surface area contributed by atoms with Gasteiger partial charge in [0.2, 0.25) is 5.89 Å². The summed E-state index contributed by atoms with van der Waals surface area (Å²) in [5.41, 5.74) is 9.53. The maximum absolute atomic E-state index is 10.8. The fourth-order valence-electron chi connectivity index (χ4n) is 3.19. The molecule has 3 heterocycles. The highest BCUT2D eigenvalue weighted by molar-refractivity contribution is 7.22. The van der Waals surface area contributed by atoms with Crippen molar-refractivity contribution < 1.29 is 9.34 Å². The number of rotatable bonds is 3. The van der Waals surface area contributed by atoms with E-state index in [0.29, 0.717) is 22.0 Å². The van der Waals surface area contributed by atoms with Crippen LogP contribution in [0.15, 0.2) is 52.9 Å². The normalized spacial score (nSPS) is 11.3. The van der Waals surface area contributed by atoms with Crippen LogP contribution in [0.5, 0.6) is 0 Å². The standard InChI is InChI=1S/C20H13N5O3S/c1-10-3-2-4-12-9-14-15(21)17(29-20(14)22-16(10)12)19-24-23-18(28-19)11-5-7-13(8-6-11)25(26)27/h2-9H,21H2,1H3. The van der Waals surface area contributed by atoms with Crippen LogP contribution < -0.4 is 5.73 Å². The molecule has 5 aromatic rings. The molecule has 5 rings (SSSR count). The molecule has 2 N–H and O–H groups in total. The number of non-ortho nitro benzene ring substituents is 1. The van der Waals surface area contributed by atoms with Gasteiger partial charge in [-0.05, 0) is 30.7 Å². The number of pyridine rings is 1. The highest BCUT2D eigenvalue weighted by Gasteiger charge is 2.19. The third-order valence-electron chi connectivity index (χ3n) is 4.69. The summed E-state index contributed by atoms with van der Waals surface area (Å²) >= 11 is 1.39. The first-order valence-corrected chi connectivity index (χ1v) is 9.50. The van der Waals surface area contributed by atoms with Gasteiger partial charge in [-0.25, -0.2) is 4.98 Å². The van der Waals surface area contributed by atoms with Crippen molar-refractivity contribution in [2.24, 2.45) is 0 Å². The Balaban J connectivity index is 1.59. The molecular weight excluding hydrogens is 390 g/mol. The van der Waals surface area contributed by atoms with Crippen LogP contribution >= 0.6 is 11.3 Å². The van der Waals surface area contributed by atoms with Gasteiger partial charge in [0.1, 0.15) is 9.71 Å². The van der Waals surface area contributed by atoms with Crippen LogP contribution in [-0.2, 0) is 0 Å². The van der Waals surface area contributed by atoms with E-state index in [2.05, 4.69) is 10.2 Å². The van der Waals surface area contributed by atoms with Crippen LogP contribution in [0.1, 0.15) is 5.56 Å². The smallest absolute Gasteiger partial charge is 0.269 e. The van der Waals surface area contributed by atoms with Gasteiger partial charge in [-0.2, -0.15) is 0 Å². The fraction of sp³-hybridized carbons (Fsp3) is 0.0500. The Morgan fingerprint density at radius 2 is 1.86 bits per heavy atom. The Labute approximate surface area is 167 Å². The molecule has 2 aromatic carbocycles. The molecule has 0 fully saturated rings.